The number of aliphatic hydroxyl groups is 1. The maximum absolute atomic E-state index is 11.8. The Morgan fingerprint density at radius 3 is 2.88 bits per heavy atom. The summed E-state index contributed by atoms with van der Waals surface area (Å²) in [7, 11) is 0. The van der Waals surface area contributed by atoms with Gasteiger partial charge in [0.15, 0.2) is 0 Å². The molecule has 2 aliphatic rings. The minimum atomic E-state index is -0.759. The molecule has 168 valence electrons. The Balaban J connectivity index is 1.47. The average molecular weight is 433 g/mol. The van der Waals surface area contributed by atoms with E-state index in [1.54, 1.807) is 12.1 Å². The fourth-order valence-electron chi connectivity index (χ4n) is 5.25. The highest BCUT2D eigenvalue weighted by atomic mass is 16.3. The van der Waals surface area contributed by atoms with E-state index < -0.39 is 12.1 Å². The first-order chi connectivity index (χ1) is 15.4. The molecule has 4 rings (SSSR count). The van der Waals surface area contributed by atoms with E-state index in [1.165, 1.54) is 37.4 Å². The fourth-order valence-corrected chi connectivity index (χ4v) is 5.25. The predicted octanol–water partition coefficient (Wildman–Crippen LogP) is 3.12. The number of hydrogen-bond donors (Lipinski definition) is 3. The number of fused-ring (bicyclic) bond motifs is 1. The van der Waals surface area contributed by atoms with Gasteiger partial charge in [-0.05, 0) is 73.3 Å². The molecule has 1 heterocycles. The molecular weight excluding hydrogens is 400 g/mol. The summed E-state index contributed by atoms with van der Waals surface area (Å²) < 4.78 is 0. The quantitative estimate of drug-likeness (QED) is 0.624. The van der Waals surface area contributed by atoms with Gasteiger partial charge in [0.2, 0.25) is 5.91 Å². The number of pyridine rings is 1. The van der Waals surface area contributed by atoms with E-state index >= 15 is 0 Å². The van der Waals surface area contributed by atoms with E-state index in [0.717, 1.165) is 24.0 Å². The molecule has 6 heteroatoms. The SMILES string of the molecule is CC(=O)N[C@@H](Cc1cccc(C#N)c1)[C@@H](O)CN[C@H]1CC2(CCC2)Cc2ncc(C)cc21. The highest BCUT2D eigenvalue weighted by molar-refractivity contribution is 5.73. The van der Waals surface area contributed by atoms with Gasteiger partial charge >= 0.3 is 0 Å². The molecule has 1 aromatic heterocycles. The second kappa shape index (κ2) is 9.40. The first kappa shape index (κ1) is 22.4. The Morgan fingerprint density at radius 1 is 1.38 bits per heavy atom. The van der Waals surface area contributed by atoms with Crippen LogP contribution in [0.4, 0.5) is 0 Å². The van der Waals surface area contributed by atoms with Crippen LogP contribution >= 0.6 is 0 Å². The number of aliphatic hydroxyl groups excluding tert-OH is 1. The lowest BCUT2D eigenvalue weighted by Gasteiger charge is -2.48. The van der Waals surface area contributed by atoms with Crippen LogP contribution in [0.3, 0.4) is 0 Å². The summed E-state index contributed by atoms with van der Waals surface area (Å²) in [5, 5.41) is 26.7. The van der Waals surface area contributed by atoms with Gasteiger partial charge in [-0.15, -0.1) is 0 Å². The zero-order chi connectivity index (χ0) is 22.7. The van der Waals surface area contributed by atoms with Crippen LogP contribution in [-0.4, -0.2) is 34.7 Å². The number of aromatic nitrogens is 1. The number of nitrogens with one attached hydrogen (secondary N) is 2. The van der Waals surface area contributed by atoms with Gasteiger partial charge in [0.25, 0.3) is 0 Å². The van der Waals surface area contributed by atoms with Gasteiger partial charge in [-0.25, -0.2) is 0 Å². The number of benzene rings is 1. The van der Waals surface area contributed by atoms with Crippen molar-refractivity contribution in [3.63, 3.8) is 0 Å². The van der Waals surface area contributed by atoms with Crippen molar-refractivity contribution in [2.45, 2.75) is 70.6 Å². The summed E-state index contributed by atoms with van der Waals surface area (Å²) in [5.41, 5.74) is 5.40. The number of nitrogens with zero attached hydrogens (tertiary/aromatic N) is 2. The second-order valence-corrected chi connectivity index (χ2v) is 9.63. The molecule has 1 spiro atoms. The van der Waals surface area contributed by atoms with Gasteiger partial charge in [0.05, 0.1) is 23.8 Å². The molecule has 0 bridgehead atoms. The number of rotatable bonds is 7. The molecule has 2 aliphatic carbocycles. The molecule has 1 saturated carbocycles. The van der Waals surface area contributed by atoms with Crippen LogP contribution in [0.25, 0.3) is 0 Å². The molecule has 1 amide bonds. The predicted molar refractivity (Wildman–Crippen MR) is 123 cm³/mol. The topological polar surface area (TPSA) is 98.0 Å². The molecule has 3 atom stereocenters. The molecule has 0 unspecified atom stereocenters. The largest absolute Gasteiger partial charge is 0.390 e. The molecule has 3 N–H and O–H groups in total. The van der Waals surface area contributed by atoms with Crippen LogP contribution in [0.5, 0.6) is 0 Å². The molecular formula is C26H32N4O2. The lowest BCUT2D eigenvalue weighted by Crippen LogP contribution is -2.49. The average Bonchev–Trinajstić information content (AvgIpc) is 2.75. The lowest BCUT2D eigenvalue weighted by atomic mass is 9.59. The second-order valence-electron chi connectivity index (χ2n) is 9.63. The van der Waals surface area contributed by atoms with Crippen molar-refractivity contribution in [1.29, 1.82) is 5.26 Å². The molecule has 6 nitrogen and oxygen atoms in total. The highest BCUT2D eigenvalue weighted by Crippen LogP contribution is 2.52. The first-order valence-electron chi connectivity index (χ1n) is 11.5. The Morgan fingerprint density at radius 2 is 2.19 bits per heavy atom. The van der Waals surface area contributed by atoms with Gasteiger partial charge in [0, 0.05) is 31.4 Å². The third kappa shape index (κ3) is 5.01. The number of carbonyl (C=O) groups excluding carboxylic acids is 1. The van der Waals surface area contributed by atoms with Crippen molar-refractivity contribution < 1.29 is 9.90 Å². The van der Waals surface area contributed by atoms with Crippen LogP contribution in [0.2, 0.25) is 0 Å². The summed E-state index contributed by atoms with van der Waals surface area (Å²) >= 11 is 0. The first-order valence-corrected chi connectivity index (χ1v) is 11.5. The monoisotopic (exact) mass is 432 g/mol. The maximum Gasteiger partial charge on any atom is 0.217 e. The number of carbonyl (C=O) groups is 1. The van der Waals surface area contributed by atoms with E-state index in [-0.39, 0.29) is 11.9 Å². The van der Waals surface area contributed by atoms with E-state index in [4.69, 9.17) is 10.2 Å². The molecule has 1 aromatic carbocycles. The molecule has 1 fully saturated rings. The highest BCUT2D eigenvalue weighted by Gasteiger charge is 2.44. The van der Waals surface area contributed by atoms with Crippen molar-refractivity contribution in [3.05, 3.63) is 64.5 Å². The fraction of sp³-hybridized carbons (Fsp3) is 0.500. The molecule has 2 aromatic rings. The van der Waals surface area contributed by atoms with E-state index in [9.17, 15) is 9.90 Å². The van der Waals surface area contributed by atoms with E-state index in [0.29, 0.717) is 23.9 Å². The van der Waals surface area contributed by atoms with E-state index in [2.05, 4.69) is 29.7 Å². The number of amides is 1. The Bertz CT molecular complexity index is 1020. The van der Waals surface area contributed by atoms with Crippen molar-refractivity contribution in [3.8, 4) is 6.07 Å². The summed E-state index contributed by atoms with van der Waals surface area (Å²) in [6.45, 7) is 3.90. The van der Waals surface area contributed by atoms with Crippen LogP contribution in [-0.2, 0) is 17.6 Å². The summed E-state index contributed by atoms with van der Waals surface area (Å²) in [6.07, 6.45) is 7.53. The van der Waals surface area contributed by atoms with Gasteiger partial charge < -0.3 is 15.7 Å². The number of hydrogen-bond acceptors (Lipinski definition) is 5. The van der Waals surface area contributed by atoms with Crippen LogP contribution in [0, 0.1) is 23.7 Å². The normalized spacial score (nSPS) is 20.5. The molecule has 0 saturated heterocycles. The van der Waals surface area contributed by atoms with Crippen LogP contribution in [0.15, 0.2) is 36.5 Å². The Labute approximate surface area is 190 Å². The van der Waals surface area contributed by atoms with Crippen molar-refractivity contribution in [2.75, 3.05) is 6.54 Å². The number of aryl methyl sites for hydroxylation is 1. The maximum atomic E-state index is 11.8. The van der Waals surface area contributed by atoms with Crippen LogP contribution < -0.4 is 10.6 Å². The summed E-state index contributed by atoms with van der Waals surface area (Å²) in [6, 6.07) is 11.4. The lowest BCUT2D eigenvalue weighted by molar-refractivity contribution is -0.120. The molecule has 0 radical (unpaired) electrons. The molecule has 32 heavy (non-hydrogen) atoms. The number of nitriles is 1. The minimum absolute atomic E-state index is 0.154. The van der Waals surface area contributed by atoms with Gasteiger partial charge in [-0.2, -0.15) is 5.26 Å². The standard InChI is InChI=1S/C26H32N4O2/c1-17-9-21-23(28-15-17)12-26(7-4-8-26)13-24(21)29-16-25(32)22(30-18(2)31)11-19-5-3-6-20(10-19)14-27/h3,5-6,9-10,15,22,24-25,29,32H,4,7-8,11-13,16H2,1-2H3,(H,30,31)/t22-,24-,25-/m0/s1. The smallest absolute Gasteiger partial charge is 0.217 e. The van der Waals surface area contributed by atoms with Crippen LogP contribution in [0.1, 0.15) is 66.6 Å². The van der Waals surface area contributed by atoms with E-state index in [1.807, 2.05) is 18.3 Å². The summed E-state index contributed by atoms with van der Waals surface area (Å²) in [5.74, 6) is -0.179. The zero-order valence-electron chi connectivity index (χ0n) is 18.9. The third-order valence-corrected chi connectivity index (χ3v) is 7.05. The Hall–Kier alpha value is -2.75. The Kier molecular flexibility index (Phi) is 6.59. The van der Waals surface area contributed by atoms with Gasteiger partial charge in [-0.3, -0.25) is 9.78 Å². The summed E-state index contributed by atoms with van der Waals surface area (Å²) in [4.78, 5) is 16.5. The van der Waals surface area contributed by atoms with Gasteiger partial charge in [0.1, 0.15) is 0 Å². The molecule has 0 aliphatic heterocycles. The third-order valence-electron chi connectivity index (χ3n) is 7.05. The van der Waals surface area contributed by atoms with Crippen molar-refractivity contribution >= 4 is 5.91 Å². The van der Waals surface area contributed by atoms with Crippen molar-refractivity contribution in [2.24, 2.45) is 5.41 Å². The van der Waals surface area contributed by atoms with Gasteiger partial charge in [-0.1, -0.05) is 24.6 Å². The zero-order valence-corrected chi connectivity index (χ0v) is 18.9. The van der Waals surface area contributed by atoms with Crippen molar-refractivity contribution in [1.82, 2.24) is 15.6 Å². The minimum Gasteiger partial charge on any atom is -0.390 e.